The fourth-order valence-electron chi connectivity index (χ4n) is 8.18. The van der Waals surface area contributed by atoms with Crippen LogP contribution in [0.2, 0.25) is 0 Å². The number of carbonyl (C=O) groups excluding carboxylic acids is 3. The molecular formula is C28H39FO5S. The monoisotopic (exact) mass is 506 g/mol. The second-order valence-corrected chi connectivity index (χ2v) is 13.5. The first-order valence-corrected chi connectivity index (χ1v) is 13.9. The molecule has 7 heteroatoms. The molecule has 0 radical (unpaired) electrons. The standard InChI is InChI=1S/C28H39FO5S/c1-16(2)35-12-10-24(33)34-28(18(4)30)17(3)13-22-21-8-7-19-14-20(31)9-11-25(19,5)27(21,29)23(32)15-26(22,28)6/h9,11,14,16-17,21-23,32H,7-8,10,12-13,15H2,1-6H3/t17-,21+,22+,23+,25+,26+,27+,28+/m1/s1. The Bertz CT molecular complexity index is 990. The van der Waals surface area contributed by atoms with E-state index in [1.165, 1.54) is 19.1 Å². The molecule has 4 rings (SSSR count). The smallest absolute Gasteiger partial charge is 0.307 e. The number of ether oxygens (including phenoxy) is 1. The largest absolute Gasteiger partial charge is 0.450 e. The van der Waals surface area contributed by atoms with Crippen molar-refractivity contribution in [2.75, 3.05) is 5.75 Å². The van der Waals surface area contributed by atoms with Crippen LogP contribution in [0.5, 0.6) is 0 Å². The van der Waals surface area contributed by atoms with Gasteiger partial charge in [0.15, 0.2) is 22.8 Å². The van der Waals surface area contributed by atoms with E-state index in [0.29, 0.717) is 30.3 Å². The number of halogens is 1. The van der Waals surface area contributed by atoms with Crippen LogP contribution < -0.4 is 0 Å². The molecule has 0 spiro atoms. The molecule has 0 aliphatic heterocycles. The number of fused-ring (bicyclic) bond motifs is 5. The quantitative estimate of drug-likeness (QED) is 0.511. The number of aliphatic hydroxyl groups is 1. The number of allylic oxidation sites excluding steroid dienone is 4. The SMILES string of the molecule is CC(=O)[C@@]1(OC(=O)CCSC(C)C)[C@H](C)C[C@H]2[C@@H]3CCC4=CC(=O)C=C[C@]4(C)[C@@]3(F)[C@@H](O)C[C@@]21C. The van der Waals surface area contributed by atoms with Gasteiger partial charge < -0.3 is 9.84 Å². The van der Waals surface area contributed by atoms with Gasteiger partial charge >= 0.3 is 5.97 Å². The number of alkyl halides is 1. The Kier molecular flexibility index (Phi) is 6.71. The second kappa shape index (κ2) is 8.83. The maximum atomic E-state index is 17.3. The van der Waals surface area contributed by atoms with Crippen molar-refractivity contribution in [3.63, 3.8) is 0 Å². The summed E-state index contributed by atoms with van der Waals surface area (Å²) in [7, 11) is 0. The number of ketones is 2. The molecule has 0 amide bonds. The lowest BCUT2D eigenvalue weighted by molar-refractivity contribution is -0.227. The topological polar surface area (TPSA) is 80.7 Å². The van der Waals surface area contributed by atoms with Crippen molar-refractivity contribution in [3.05, 3.63) is 23.8 Å². The van der Waals surface area contributed by atoms with Crippen LogP contribution in [0.25, 0.3) is 0 Å². The van der Waals surface area contributed by atoms with Gasteiger partial charge in [-0.1, -0.05) is 39.3 Å². The molecule has 8 atom stereocenters. The number of carbonyl (C=O) groups is 3. The average Bonchev–Trinajstić information content (AvgIpc) is 2.97. The van der Waals surface area contributed by atoms with E-state index in [1.807, 2.05) is 13.8 Å². The number of esters is 1. The van der Waals surface area contributed by atoms with E-state index in [-0.39, 0.29) is 36.2 Å². The van der Waals surface area contributed by atoms with Crippen molar-refractivity contribution in [1.29, 1.82) is 0 Å². The first kappa shape index (κ1) is 26.6. The van der Waals surface area contributed by atoms with Crippen LogP contribution in [-0.4, -0.2) is 51.0 Å². The van der Waals surface area contributed by atoms with Crippen LogP contribution in [0.4, 0.5) is 4.39 Å². The summed E-state index contributed by atoms with van der Waals surface area (Å²) >= 11 is 1.66. The number of aliphatic hydroxyl groups excluding tert-OH is 1. The second-order valence-electron chi connectivity index (χ2n) is 11.8. The van der Waals surface area contributed by atoms with Gasteiger partial charge in [-0.25, -0.2) is 4.39 Å². The molecule has 0 aromatic rings. The van der Waals surface area contributed by atoms with E-state index < -0.39 is 40.1 Å². The first-order chi connectivity index (χ1) is 16.2. The number of hydrogen-bond donors (Lipinski definition) is 1. The van der Waals surface area contributed by atoms with Gasteiger partial charge in [0, 0.05) is 28.4 Å². The summed E-state index contributed by atoms with van der Waals surface area (Å²) in [6, 6.07) is 0. The minimum absolute atomic E-state index is 0.0211. The lowest BCUT2D eigenvalue weighted by atomic mass is 9.44. The molecular weight excluding hydrogens is 467 g/mol. The minimum Gasteiger partial charge on any atom is -0.450 e. The van der Waals surface area contributed by atoms with Gasteiger partial charge in [-0.15, -0.1) is 0 Å². The van der Waals surface area contributed by atoms with Gasteiger partial charge in [-0.2, -0.15) is 11.8 Å². The summed E-state index contributed by atoms with van der Waals surface area (Å²) in [6.45, 7) is 11.2. The van der Waals surface area contributed by atoms with Gasteiger partial charge in [0.2, 0.25) is 0 Å². The molecule has 0 saturated heterocycles. The molecule has 3 fully saturated rings. The van der Waals surface area contributed by atoms with Gasteiger partial charge in [0.1, 0.15) is 0 Å². The predicted molar refractivity (Wildman–Crippen MR) is 135 cm³/mol. The third-order valence-electron chi connectivity index (χ3n) is 9.74. The number of rotatable bonds is 6. The van der Waals surface area contributed by atoms with Crippen molar-refractivity contribution in [1.82, 2.24) is 0 Å². The van der Waals surface area contributed by atoms with Crippen LogP contribution in [0.3, 0.4) is 0 Å². The molecule has 4 aliphatic rings. The van der Waals surface area contributed by atoms with Gasteiger partial charge in [0.25, 0.3) is 0 Å². The van der Waals surface area contributed by atoms with Crippen molar-refractivity contribution in [2.45, 2.75) is 96.3 Å². The Morgan fingerprint density at radius 3 is 2.60 bits per heavy atom. The molecule has 3 saturated carbocycles. The fraction of sp³-hybridized carbons (Fsp3) is 0.750. The molecule has 0 aromatic carbocycles. The van der Waals surface area contributed by atoms with Gasteiger partial charge in [0.05, 0.1) is 12.5 Å². The maximum absolute atomic E-state index is 17.3. The number of hydrogen-bond acceptors (Lipinski definition) is 6. The summed E-state index contributed by atoms with van der Waals surface area (Å²) in [5, 5.41) is 11.9. The summed E-state index contributed by atoms with van der Waals surface area (Å²) in [5.41, 5.74) is -4.60. The molecule has 35 heavy (non-hydrogen) atoms. The Labute approximate surface area is 212 Å². The zero-order valence-corrected chi connectivity index (χ0v) is 22.5. The molecule has 0 heterocycles. The number of thioether (sulfide) groups is 1. The molecule has 194 valence electrons. The highest BCUT2D eigenvalue weighted by Gasteiger charge is 2.76. The van der Waals surface area contributed by atoms with Crippen LogP contribution in [-0.2, 0) is 19.1 Å². The van der Waals surface area contributed by atoms with Gasteiger partial charge in [-0.05, 0) is 62.9 Å². The highest BCUT2D eigenvalue weighted by atomic mass is 32.2. The van der Waals surface area contributed by atoms with Crippen molar-refractivity contribution in [2.24, 2.45) is 28.6 Å². The van der Waals surface area contributed by atoms with Crippen LogP contribution in [0, 0.1) is 28.6 Å². The first-order valence-electron chi connectivity index (χ1n) is 12.9. The third-order valence-corrected chi connectivity index (χ3v) is 10.8. The Balaban J connectivity index is 1.72. The predicted octanol–water partition coefficient (Wildman–Crippen LogP) is 5.01. The molecule has 5 nitrogen and oxygen atoms in total. The van der Waals surface area contributed by atoms with Crippen molar-refractivity contribution >= 4 is 29.3 Å². The summed E-state index contributed by atoms with van der Waals surface area (Å²) in [4.78, 5) is 38.3. The summed E-state index contributed by atoms with van der Waals surface area (Å²) in [6.07, 6.45) is 5.01. The van der Waals surface area contributed by atoms with Gasteiger partial charge in [-0.3, -0.25) is 14.4 Å². The summed E-state index contributed by atoms with van der Waals surface area (Å²) in [5.74, 6) is -1.24. The minimum atomic E-state index is -1.97. The molecule has 0 unspecified atom stereocenters. The lowest BCUT2D eigenvalue weighted by Gasteiger charge is -2.62. The molecule has 4 aliphatic carbocycles. The van der Waals surface area contributed by atoms with Crippen LogP contribution >= 0.6 is 11.8 Å². The fourth-order valence-corrected chi connectivity index (χ4v) is 8.93. The van der Waals surface area contributed by atoms with E-state index in [2.05, 4.69) is 13.8 Å². The number of Topliss-reactive ketones (excluding diaryl/α,β-unsaturated/α-hetero) is 1. The van der Waals surface area contributed by atoms with Crippen molar-refractivity contribution in [3.8, 4) is 0 Å². The van der Waals surface area contributed by atoms with Crippen LogP contribution in [0.15, 0.2) is 23.8 Å². The Hall–Kier alpha value is -1.47. The molecule has 0 aromatic heterocycles. The Morgan fingerprint density at radius 2 is 1.97 bits per heavy atom. The Morgan fingerprint density at radius 1 is 1.29 bits per heavy atom. The van der Waals surface area contributed by atoms with E-state index in [0.717, 1.165) is 5.57 Å². The normalized spacial score (nSPS) is 44.4. The molecule has 0 bridgehead atoms. The lowest BCUT2D eigenvalue weighted by Crippen LogP contribution is -2.69. The van der Waals surface area contributed by atoms with E-state index in [4.69, 9.17) is 4.74 Å². The highest BCUT2D eigenvalue weighted by molar-refractivity contribution is 7.99. The van der Waals surface area contributed by atoms with Crippen molar-refractivity contribution < 1.29 is 28.6 Å². The summed E-state index contributed by atoms with van der Waals surface area (Å²) < 4.78 is 23.4. The maximum Gasteiger partial charge on any atom is 0.307 e. The van der Waals surface area contributed by atoms with Crippen LogP contribution in [0.1, 0.15) is 73.6 Å². The van der Waals surface area contributed by atoms with E-state index in [9.17, 15) is 19.5 Å². The third kappa shape index (κ3) is 3.62. The zero-order valence-electron chi connectivity index (χ0n) is 21.7. The zero-order chi connectivity index (χ0) is 26.0. The van der Waals surface area contributed by atoms with E-state index >= 15 is 4.39 Å². The average molecular weight is 507 g/mol. The van der Waals surface area contributed by atoms with E-state index in [1.54, 1.807) is 24.8 Å². The highest BCUT2D eigenvalue weighted by Crippen LogP contribution is 2.71. The molecule has 1 N–H and O–H groups in total.